The van der Waals surface area contributed by atoms with Crippen LogP contribution in [-0.4, -0.2) is 48.2 Å². The molecule has 1 aliphatic heterocycles. The number of carbonyl (C=O) groups excluding carboxylic acids is 3. The Hall–Kier alpha value is -2.21. The number of carbonyl (C=O) groups is 3. The van der Waals surface area contributed by atoms with Gasteiger partial charge in [-0.05, 0) is 18.4 Å². The molecule has 2 amide bonds. The minimum atomic E-state index is -0.484. The van der Waals surface area contributed by atoms with Gasteiger partial charge in [-0.3, -0.25) is 14.4 Å². The second kappa shape index (κ2) is 7.70. The third-order valence-corrected chi connectivity index (χ3v) is 3.76. The van der Waals surface area contributed by atoms with Crippen LogP contribution in [0.2, 0.25) is 0 Å². The van der Waals surface area contributed by atoms with Gasteiger partial charge in [0.15, 0.2) is 5.78 Å². The Balaban J connectivity index is 1.93. The van der Waals surface area contributed by atoms with Crippen LogP contribution in [0.25, 0.3) is 0 Å². The molecular formula is C16H21N3O3. The third-order valence-electron chi connectivity index (χ3n) is 3.76. The molecule has 118 valence electrons. The Morgan fingerprint density at radius 1 is 1.23 bits per heavy atom. The molecular weight excluding hydrogens is 282 g/mol. The molecule has 6 heteroatoms. The van der Waals surface area contributed by atoms with E-state index in [1.807, 2.05) is 30.3 Å². The SMILES string of the molecule is NCC(=O)CNC(=O)[C@@H]1CCCN1C(=O)Cc1ccccc1. The van der Waals surface area contributed by atoms with E-state index in [2.05, 4.69) is 5.32 Å². The van der Waals surface area contributed by atoms with Crippen molar-refractivity contribution in [1.29, 1.82) is 0 Å². The highest BCUT2D eigenvalue weighted by Gasteiger charge is 2.33. The van der Waals surface area contributed by atoms with E-state index in [9.17, 15) is 14.4 Å². The summed E-state index contributed by atoms with van der Waals surface area (Å²) in [6.45, 7) is 0.405. The minimum Gasteiger partial charge on any atom is -0.347 e. The molecule has 1 aromatic rings. The van der Waals surface area contributed by atoms with Crippen LogP contribution in [0.1, 0.15) is 18.4 Å². The number of amides is 2. The van der Waals surface area contributed by atoms with Crippen molar-refractivity contribution in [3.8, 4) is 0 Å². The Morgan fingerprint density at radius 2 is 1.95 bits per heavy atom. The molecule has 22 heavy (non-hydrogen) atoms. The number of ketones is 1. The molecule has 1 aromatic carbocycles. The lowest BCUT2D eigenvalue weighted by atomic mass is 10.1. The highest BCUT2D eigenvalue weighted by atomic mass is 16.2. The van der Waals surface area contributed by atoms with Crippen molar-refractivity contribution in [2.75, 3.05) is 19.6 Å². The maximum Gasteiger partial charge on any atom is 0.243 e. The first-order valence-electron chi connectivity index (χ1n) is 7.44. The van der Waals surface area contributed by atoms with E-state index >= 15 is 0 Å². The number of rotatable bonds is 6. The summed E-state index contributed by atoms with van der Waals surface area (Å²) in [6, 6.07) is 8.96. The van der Waals surface area contributed by atoms with Crippen molar-refractivity contribution in [2.45, 2.75) is 25.3 Å². The van der Waals surface area contributed by atoms with Gasteiger partial charge in [-0.15, -0.1) is 0 Å². The quantitative estimate of drug-likeness (QED) is 0.765. The van der Waals surface area contributed by atoms with Crippen LogP contribution >= 0.6 is 0 Å². The molecule has 2 rings (SSSR count). The molecule has 0 aliphatic carbocycles. The van der Waals surface area contributed by atoms with Crippen LogP contribution in [0.5, 0.6) is 0 Å². The lowest BCUT2D eigenvalue weighted by molar-refractivity contribution is -0.138. The number of hydrogen-bond donors (Lipinski definition) is 2. The summed E-state index contributed by atoms with van der Waals surface area (Å²) >= 11 is 0. The molecule has 1 aliphatic rings. The summed E-state index contributed by atoms with van der Waals surface area (Å²) in [6.07, 6.45) is 1.71. The number of nitrogens with zero attached hydrogens (tertiary/aromatic N) is 1. The second-order valence-corrected chi connectivity index (χ2v) is 5.37. The summed E-state index contributed by atoms with van der Waals surface area (Å²) in [5, 5.41) is 2.56. The maximum absolute atomic E-state index is 12.4. The smallest absolute Gasteiger partial charge is 0.243 e. The van der Waals surface area contributed by atoms with Gasteiger partial charge in [0, 0.05) is 6.54 Å². The van der Waals surface area contributed by atoms with Crippen molar-refractivity contribution >= 4 is 17.6 Å². The Morgan fingerprint density at radius 3 is 2.64 bits per heavy atom. The normalized spacial score (nSPS) is 17.3. The lowest BCUT2D eigenvalue weighted by Gasteiger charge is -2.24. The van der Waals surface area contributed by atoms with E-state index < -0.39 is 6.04 Å². The molecule has 1 saturated heterocycles. The molecule has 1 atom stereocenters. The van der Waals surface area contributed by atoms with Gasteiger partial charge in [0.1, 0.15) is 6.04 Å². The maximum atomic E-state index is 12.4. The topological polar surface area (TPSA) is 92.5 Å². The molecule has 0 aromatic heterocycles. The average molecular weight is 303 g/mol. The van der Waals surface area contributed by atoms with Crippen LogP contribution in [0.4, 0.5) is 0 Å². The Bertz CT molecular complexity index is 545. The zero-order chi connectivity index (χ0) is 15.9. The molecule has 0 radical (unpaired) electrons. The lowest BCUT2D eigenvalue weighted by Crippen LogP contribution is -2.47. The largest absolute Gasteiger partial charge is 0.347 e. The number of nitrogens with one attached hydrogen (secondary N) is 1. The molecule has 0 saturated carbocycles. The molecule has 0 bridgehead atoms. The van der Waals surface area contributed by atoms with Gasteiger partial charge in [-0.2, -0.15) is 0 Å². The number of benzene rings is 1. The molecule has 0 unspecified atom stereocenters. The number of nitrogens with two attached hydrogens (primary N) is 1. The standard InChI is InChI=1S/C16H21N3O3/c17-10-13(20)11-18-16(22)14-7-4-8-19(14)15(21)9-12-5-2-1-3-6-12/h1-3,5-6,14H,4,7-11,17H2,(H,18,22)/t14-/m0/s1. The van der Waals surface area contributed by atoms with Gasteiger partial charge in [0.25, 0.3) is 0 Å². The van der Waals surface area contributed by atoms with Gasteiger partial charge in [-0.1, -0.05) is 30.3 Å². The van der Waals surface area contributed by atoms with Crippen molar-refractivity contribution in [3.05, 3.63) is 35.9 Å². The summed E-state index contributed by atoms with van der Waals surface area (Å²) in [4.78, 5) is 37.3. The van der Waals surface area contributed by atoms with Gasteiger partial charge in [0.05, 0.1) is 19.5 Å². The van der Waals surface area contributed by atoms with Crippen LogP contribution in [0.15, 0.2) is 30.3 Å². The van der Waals surface area contributed by atoms with Crippen molar-refractivity contribution in [1.82, 2.24) is 10.2 Å². The summed E-state index contributed by atoms with van der Waals surface area (Å²) in [7, 11) is 0. The monoisotopic (exact) mass is 303 g/mol. The van der Waals surface area contributed by atoms with Crippen molar-refractivity contribution < 1.29 is 14.4 Å². The fraction of sp³-hybridized carbons (Fsp3) is 0.438. The molecule has 6 nitrogen and oxygen atoms in total. The molecule has 1 fully saturated rings. The van der Waals surface area contributed by atoms with Crippen LogP contribution in [0.3, 0.4) is 0 Å². The van der Waals surface area contributed by atoms with Crippen LogP contribution in [-0.2, 0) is 20.8 Å². The van der Waals surface area contributed by atoms with E-state index in [0.717, 1.165) is 12.0 Å². The third kappa shape index (κ3) is 4.14. The molecule has 1 heterocycles. The van der Waals surface area contributed by atoms with Gasteiger partial charge >= 0.3 is 0 Å². The Labute approximate surface area is 129 Å². The van der Waals surface area contributed by atoms with E-state index in [0.29, 0.717) is 13.0 Å². The van der Waals surface area contributed by atoms with Crippen molar-refractivity contribution in [2.24, 2.45) is 5.73 Å². The highest BCUT2D eigenvalue weighted by Crippen LogP contribution is 2.19. The predicted molar refractivity (Wildman–Crippen MR) is 82.0 cm³/mol. The van der Waals surface area contributed by atoms with Crippen LogP contribution in [0, 0.1) is 0 Å². The fourth-order valence-corrected chi connectivity index (χ4v) is 2.59. The predicted octanol–water partition coefficient (Wildman–Crippen LogP) is -0.136. The zero-order valence-corrected chi connectivity index (χ0v) is 12.5. The first-order valence-corrected chi connectivity index (χ1v) is 7.44. The number of Topliss-reactive ketones (excluding diaryl/α,β-unsaturated/α-hetero) is 1. The summed E-state index contributed by atoms with van der Waals surface area (Å²) in [5.74, 6) is -0.566. The minimum absolute atomic E-state index is 0.0611. The Kier molecular flexibility index (Phi) is 5.66. The highest BCUT2D eigenvalue weighted by molar-refractivity contribution is 5.92. The van der Waals surface area contributed by atoms with Gasteiger partial charge in [-0.25, -0.2) is 0 Å². The molecule has 0 spiro atoms. The first-order chi connectivity index (χ1) is 10.6. The van der Waals surface area contributed by atoms with E-state index in [1.165, 1.54) is 0 Å². The van der Waals surface area contributed by atoms with E-state index in [1.54, 1.807) is 4.90 Å². The van der Waals surface area contributed by atoms with E-state index in [-0.39, 0.29) is 37.1 Å². The van der Waals surface area contributed by atoms with Crippen molar-refractivity contribution in [3.63, 3.8) is 0 Å². The van der Waals surface area contributed by atoms with Gasteiger partial charge < -0.3 is 16.0 Å². The zero-order valence-electron chi connectivity index (χ0n) is 12.5. The van der Waals surface area contributed by atoms with Crippen LogP contribution < -0.4 is 11.1 Å². The summed E-state index contributed by atoms with van der Waals surface area (Å²) < 4.78 is 0. The van der Waals surface area contributed by atoms with Gasteiger partial charge in [0.2, 0.25) is 11.8 Å². The molecule has 3 N–H and O–H groups in total. The first kappa shape index (κ1) is 16.2. The number of hydrogen-bond acceptors (Lipinski definition) is 4. The number of likely N-dealkylation sites (tertiary alicyclic amines) is 1. The fourth-order valence-electron chi connectivity index (χ4n) is 2.59. The summed E-state index contributed by atoms with van der Waals surface area (Å²) in [5.41, 5.74) is 6.14. The second-order valence-electron chi connectivity index (χ2n) is 5.37. The van der Waals surface area contributed by atoms with E-state index in [4.69, 9.17) is 5.73 Å². The average Bonchev–Trinajstić information content (AvgIpc) is 3.03.